The van der Waals surface area contributed by atoms with Gasteiger partial charge >= 0.3 is 0 Å². The molecule has 144 valence electrons. The van der Waals surface area contributed by atoms with E-state index in [1.807, 2.05) is 24.3 Å². The molecule has 3 N–H and O–H groups in total. The van der Waals surface area contributed by atoms with Crippen LogP contribution in [0.5, 0.6) is 0 Å². The number of aromatic amines is 1. The van der Waals surface area contributed by atoms with Crippen molar-refractivity contribution in [2.75, 3.05) is 18.0 Å². The van der Waals surface area contributed by atoms with E-state index in [1.165, 1.54) is 31.0 Å². The summed E-state index contributed by atoms with van der Waals surface area (Å²) in [5.41, 5.74) is 6.94. The smallest absolute Gasteiger partial charge is 0.267 e. The molecule has 0 saturated carbocycles. The van der Waals surface area contributed by atoms with Gasteiger partial charge in [0.1, 0.15) is 5.82 Å². The molecule has 1 aromatic heterocycles. The van der Waals surface area contributed by atoms with E-state index in [2.05, 4.69) is 28.1 Å². The Morgan fingerprint density at radius 2 is 1.93 bits per heavy atom. The molecule has 0 unspecified atom stereocenters. The summed E-state index contributed by atoms with van der Waals surface area (Å²) in [6, 6.07) is 14.4. The maximum absolute atomic E-state index is 11.0. The van der Waals surface area contributed by atoms with E-state index < -0.39 is 5.91 Å². The average Bonchev–Trinajstić information content (AvgIpc) is 3.15. The number of aromatic nitrogens is 2. The van der Waals surface area contributed by atoms with Crippen molar-refractivity contribution in [3.8, 4) is 0 Å². The largest absolute Gasteiger partial charge is 0.371 e. The first-order valence-corrected chi connectivity index (χ1v) is 9.66. The first-order valence-electron chi connectivity index (χ1n) is 9.66. The Kier molecular flexibility index (Phi) is 5.39. The number of H-pyrrole nitrogens is 1. The lowest BCUT2D eigenvalue weighted by Gasteiger charge is -2.28. The fourth-order valence-corrected chi connectivity index (χ4v) is 3.63. The van der Waals surface area contributed by atoms with E-state index in [9.17, 15) is 4.79 Å². The van der Waals surface area contributed by atoms with Gasteiger partial charge in [0, 0.05) is 31.3 Å². The normalized spacial score (nSPS) is 14.7. The highest BCUT2D eigenvalue weighted by molar-refractivity contribution is 5.90. The van der Waals surface area contributed by atoms with Gasteiger partial charge < -0.3 is 9.88 Å². The number of carbonyl (C=O) groups is 1. The monoisotopic (exact) mass is 376 g/mol. The highest BCUT2D eigenvalue weighted by Gasteiger charge is 2.12. The van der Waals surface area contributed by atoms with E-state index in [1.54, 1.807) is 11.6 Å². The second-order valence-corrected chi connectivity index (χ2v) is 7.16. The minimum atomic E-state index is -0.546. The lowest BCUT2D eigenvalue weighted by Crippen LogP contribution is -2.29. The summed E-state index contributed by atoms with van der Waals surface area (Å²) in [7, 11) is 0. The number of hydrogen-bond acceptors (Lipinski definition) is 4. The van der Waals surface area contributed by atoms with Gasteiger partial charge in [-0.15, -0.1) is 0 Å². The predicted octanol–water partition coefficient (Wildman–Crippen LogP) is 3.66. The van der Waals surface area contributed by atoms with Crippen LogP contribution in [-0.4, -0.2) is 34.2 Å². The maximum atomic E-state index is 11.0. The molecule has 0 spiro atoms. The molecule has 6 heteroatoms. The Morgan fingerprint density at radius 1 is 1.14 bits per heavy atom. The summed E-state index contributed by atoms with van der Waals surface area (Å²) in [5.74, 6) is 0.393. The van der Waals surface area contributed by atoms with Crippen molar-refractivity contribution in [1.82, 2.24) is 15.4 Å². The number of imidazole rings is 1. The summed E-state index contributed by atoms with van der Waals surface area (Å²) >= 11 is 0. The topological polar surface area (TPSA) is 81.2 Å². The third-order valence-corrected chi connectivity index (χ3v) is 5.12. The first-order chi connectivity index (χ1) is 13.7. The Morgan fingerprint density at radius 3 is 2.68 bits per heavy atom. The summed E-state index contributed by atoms with van der Waals surface area (Å²) in [6.45, 7) is 2.26. The number of hydrogen-bond donors (Lipinski definition) is 3. The molecule has 28 heavy (non-hydrogen) atoms. The molecule has 3 aromatic rings. The van der Waals surface area contributed by atoms with Gasteiger partial charge in [-0.3, -0.25) is 10.0 Å². The zero-order chi connectivity index (χ0) is 19.3. The van der Waals surface area contributed by atoms with Crippen LogP contribution in [0, 0.1) is 0 Å². The average molecular weight is 376 g/mol. The van der Waals surface area contributed by atoms with Gasteiger partial charge in [0.15, 0.2) is 0 Å². The van der Waals surface area contributed by atoms with Crippen molar-refractivity contribution in [3.63, 3.8) is 0 Å². The number of benzene rings is 2. The molecule has 6 nitrogen and oxygen atoms in total. The molecule has 4 rings (SSSR count). The molecule has 0 bridgehead atoms. The van der Waals surface area contributed by atoms with Crippen molar-refractivity contribution >= 4 is 28.7 Å². The van der Waals surface area contributed by atoms with Crippen LogP contribution in [0.2, 0.25) is 0 Å². The predicted molar refractivity (Wildman–Crippen MR) is 110 cm³/mol. The van der Waals surface area contributed by atoms with Gasteiger partial charge in [-0.2, -0.15) is 0 Å². The van der Waals surface area contributed by atoms with E-state index >= 15 is 0 Å². The number of rotatable bonds is 5. The van der Waals surface area contributed by atoms with Crippen LogP contribution in [0.4, 0.5) is 5.69 Å². The van der Waals surface area contributed by atoms with Crippen LogP contribution in [0.3, 0.4) is 0 Å². The minimum Gasteiger partial charge on any atom is -0.371 e. The van der Waals surface area contributed by atoms with Gasteiger partial charge in [0.25, 0.3) is 5.91 Å². The van der Waals surface area contributed by atoms with Gasteiger partial charge in [0.2, 0.25) is 0 Å². The molecular formula is C22H24N4O2. The summed E-state index contributed by atoms with van der Waals surface area (Å²) in [6.07, 6.45) is 7.52. The molecule has 1 fully saturated rings. The number of fused-ring (bicyclic) bond motifs is 1. The van der Waals surface area contributed by atoms with Crippen LogP contribution >= 0.6 is 0 Å². The second kappa shape index (κ2) is 8.27. The highest BCUT2D eigenvalue weighted by atomic mass is 16.5. The number of hydroxylamine groups is 1. The number of carbonyl (C=O) groups excluding carboxylic acids is 1. The maximum Gasteiger partial charge on any atom is 0.267 e. The van der Waals surface area contributed by atoms with Crippen molar-refractivity contribution in [2.45, 2.75) is 25.7 Å². The molecule has 1 aliphatic rings. The Bertz CT molecular complexity index is 985. The van der Waals surface area contributed by atoms with Gasteiger partial charge in [-0.05, 0) is 54.7 Å². The third kappa shape index (κ3) is 4.23. The van der Waals surface area contributed by atoms with E-state index in [4.69, 9.17) is 10.2 Å². The standard InChI is InChI=1S/C22H24N4O2/c27-22(25-28)11-8-16-4-6-17(7-5-16)14-21-23-19-10-9-18(15-20(19)24-21)26-12-2-1-3-13-26/h4-11,15,28H,1-3,12-14H2,(H,23,24)(H,25,27)/b11-8+. The van der Waals surface area contributed by atoms with Crippen molar-refractivity contribution in [3.05, 3.63) is 65.5 Å². The van der Waals surface area contributed by atoms with Gasteiger partial charge in [-0.25, -0.2) is 10.5 Å². The van der Waals surface area contributed by atoms with Crippen LogP contribution < -0.4 is 10.4 Å². The lowest BCUT2D eigenvalue weighted by molar-refractivity contribution is -0.124. The van der Waals surface area contributed by atoms with Crippen LogP contribution in [0.15, 0.2) is 48.5 Å². The quantitative estimate of drug-likeness (QED) is 0.361. The molecular weight excluding hydrogens is 352 g/mol. The number of nitrogens with one attached hydrogen (secondary N) is 2. The minimum absolute atomic E-state index is 0.546. The van der Waals surface area contributed by atoms with Crippen LogP contribution in [0.25, 0.3) is 17.1 Å². The number of amides is 1. The summed E-state index contributed by atoms with van der Waals surface area (Å²) < 4.78 is 0. The molecule has 0 atom stereocenters. The molecule has 1 saturated heterocycles. The van der Waals surface area contributed by atoms with E-state index in [-0.39, 0.29) is 0 Å². The van der Waals surface area contributed by atoms with Gasteiger partial charge in [-0.1, -0.05) is 24.3 Å². The van der Waals surface area contributed by atoms with Gasteiger partial charge in [0.05, 0.1) is 11.0 Å². The van der Waals surface area contributed by atoms with Crippen LogP contribution in [-0.2, 0) is 11.2 Å². The zero-order valence-corrected chi connectivity index (χ0v) is 15.7. The zero-order valence-electron chi connectivity index (χ0n) is 15.7. The third-order valence-electron chi connectivity index (χ3n) is 5.12. The van der Waals surface area contributed by atoms with Crippen LogP contribution in [0.1, 0.15) is 36.2 Å². The number of anilines is 1. The molecule has 2 heterocycles. The summed E-state index contributed by atoms with van der Waals surface area (Å²) in [5, 5.41) is 8.51. The highest BCUT2D eigenvalue weighted by Crippen LogP contribution is 2.24. The van der Waals surface area contributed by atoms with Crippen molar-refractivity contribution < 1.29 is 10.0 Å². The van der Waals surface area contributed by atoms with E-state index in [0.717, 1.165) is 47.5 Å². The SMILES string of the molecule is O=C(/C=C/c1ccc(Cc2nc3ccc(N4CCCCC4)cc3[nH]2)cc1)NO. The Labute approximate surface area is 163 Å². The summed E-state index contributed by atoms with van der Waals surface area (Å²) in [4.78, 5) is 21.7. The molecule has 2 aromatic carbocycles. The number of nitrogens with zero attached hydrogens (tertiary/aromatic N) is 2. The fraction of sp³-hybridized carbons (Fsp3) is 0.273. The van der Waals surface area contributed by atoms with E-state index in [0.29, 0.717) is 0 Å². The Hall–Kier alpha value is -3.12. The van der Waals surface area contributed by atoms with Crippen molar-refractivity contribution in [2.24, 2.45) is 0 Å². The molecule has 0 radical (unpaired) electrons. The Balaban J connectivity index is 1.47. The first kappa shape index (κ1) is 18.3. The fourth-order valence-electron chi connectivity index (χ4n) is 3.63. The lowest BCUT2D eigenvalue weighted by atomic mass is 10.1. The molecule has 1 aliphatic heterocycles. The van der Waals surface area contributed by atoms with Crippen molar-refractivity contribution in [1.29, 1.82) is 0 Å². The second-order valence-electron chi connectivity index (χ2n) is 7.16. The molecule has 1 amide bonds. The number of piperidine rings is 1. The molecule has 0 aliphatic carbocycles.